The van der Waals surface area contributed by atoms with Gasteiger partial charge in [-0.1, -0.05) is 31.2 Å². The number of amides is 2. The Hall–Kier alpha value is -2.73. The molecule has 0 spiro atoms. The van der Waals surface area contributed by atoms with E-state index in [1.54, 1.807) is 12.1 Å². The molecule has 0 radical (unpaired) electrons. The number of aryl methyl sites for hydroxylation is 1. The van der Waals surface area contributed by atoms with E-state index in [9.17, 15) is 14.0 Å². The summed E-state index contributed by atoms with van der Waals surface area (Å²) in [7, 11) is 0. The molecule has 0 aliphatic carbocycles. The van der Waals surface area contributed by atoms with Gasteiger partial charge in [0.1, 0.15) is 5.82 Å². The molecule has 3 rings (SSSR count). The lowest BCUT2D eigenvalue weighted by Crippen LogP contribution is -2.54. The highest BCUT2D eigenvalue weighted by Crippen LogP contribution is 2.13. The van der Waals surface area contributed by atoms with E-state index in [0.717, 1.165) is 12.0 Å². The van der Waals surface area contributed by atoms with Gasteiger partial charge in [-0.2, -0.15) is 0 Å². The average Bonchev–Trinajstić information content (AvgIpc) is 2.77. The zero-order valence-corrected chi connectivity index (χ0v) is 17.0. The highest BCUT2D eigenvalue weighted by molar-refractivity contribution is 5.94. The number of carbonyl (C=O) groups is 2. The number of piperazine rings is 1. The molecule has 1 N–H and O–H groups in total. The van der Waals surface area contributed by atoms with Gasteiger partial charge in [-0.05, 0) is 48.7 Å². The summed E-state index contributed by atoms with van der Waals surface area (Å²) in [5.74, 6) is -0.313. The van der Waals surface area contributed by atoms with Gasteiger partial charge in [-0.15, -0.1) is 0 Å². The molecule has 2 aromatic carbocycles. The normalized spacial score (nSPS) is 15.8. The van der Waals surface area contributed by atoms with Gasteiger partial charge in [-0.3, -0.25) is 14.5 Å². The Morgan fingerprint density at radius 2 is 1.55 bits per heavy atom. The maximum Gasteiger partial charge on any atom is 0.253 e. The van der Waals surface area contributed by atoms with Crippen LogP contribution in [0.25, 0.3) is 0 Å². The van der Waals surface area contributed by atoms with E-state index in [1.807, 2.05) is 36.1 Å². The molecule has 0 saturated carbocycles. The number of carbonyl (C=O) groups excluding carboxylic acids is 2. The monoisotopic (exact) mass is 397 g/mol. The first-order valence-corrected chi connectivity index (χ1v) is 10.1. The van der Waals surface area contributed by atoms with E-state index in [-0.39, 0.29) is 23.7 Å². The second-order valence-electron chi connectivity index (χ2n) is 7.40. The van der Waals surface area contributed by atoms with Gasteiger partial charge in [0, 0.05) is 38.3 Å². The second-order valence-corrected chi connectivity index (χ2v) is 7.40. The molecule has 5 nitrogen and oxygen atoms in total. The van der Waals surface area contributed by atoms with Gasteiger partial charge in [-0.25, -0.2) is 4.39 Å². The summed E-state index contributed by atoms with van der Waals surface area (Å²) in [5, 5.41) is 2.90. The van der Waals surface area contributed by atoms with Crippen LogP contribution in [0.2, 0.25) is 0 Å². The van der Waals surface area contributed by atoms with E-state index in [4.69, 9.17) is 0 Å². The number of hydrogen-bond donors (Lipinski definition) is 1. The summed E-state index contributed by atoms with van der Waals surface area (Å²) >= 11 is 0. The summed E-state index contributed by atoms with van der Waals surface area (Å²) in [5.41, 5.74) is 2.78. The van der Waals surface area contributed by atoms with Crippen molar-refractivity contribution in [2.75, 3.05) is 26.2 Å². The quantitative estimate of drug-likeness (QED) is 0.816. The summed E-state index contributed by atoms with van der Waals surface area (Å²) < 4.78 is 13.0. The number of nitrogens with zero attached hydrogens (tertiary/aromatic N) is 2. The van der Waals surface area contributed by atoms with Crippen LogP contribution in [0.3, 0.4) is 0 Å². The molecule has 1 fully saturated rings. The maximum atomic E-state index is 13.0. The van der Waals surface area contributed by atoms with Crippen LogP contribution in [0.5, 0.6) is 0 Å². The smallest absolute Gasteiger partial charge is 0.253 e. The number of benzene rings is 2. The summed E-state index contributed by atoms with van der Waals surface area (Å²) in [6.45, 7) is 6.85. The van der Waals surface area contributed by atoms with Crippen LogP contribution >= 0.6 is 0 Å². The third-order valence-electron chi connectivity index (χ3n) is 5.52. The van der Waals surface area contributed by atoms with Gasteiger partial charge >= 0.3 is 0 Å². The van der Waals surface area contributed by atoms with Crippen LogP contribution in [0, 0.1) is 5.82 Å². The number of nitrogens with one attached hydrogen (secondary N) is 1. The van der Waals surface area contributed by atoms with Gasteiger partial charge in [0.25, 0.3) is 5.91 Å². The van der Waals surface area contributed by atoms with Gasteiger partial charge in [0.15, 0.2) is 0 Å². The Morgan fingerprint density at radius 3 is 2.14 bits per heavy atom. The fraction of sp³-hybridized carbons (Fsp3) is 0.391. The predicted octanol–water partition coefficient (Wildman–Crippen LogP) is 2.85. The molecular weight excluding hydrogens is 369 g/mol. The Balaban J connectivity index is 1.47. The largest absolute Gasteiger partial charge is 0.351 e. The van der Waals surface area contributed by atoms with Crippen LogP contribution in [0.1, 0.15) is 35.3 Å². The molecule has 1 heterocycles. The van der Waals surface area contributed by atoms with Crippen LogP contribution < -0.4 is 5.32 Å². The molecule has 1 saturated heterocycles. The summed E-state index contributed by atoms with van der Waals surface area (Å²) in [4.78, 5) is 29.1. The Labute approximate surface area is 171 Å². The molecule has 1 aliphatic heterocycles. The molecule has 2 aromatic rings. The van der Waals surface area contributed by atoms with Crippen molar-refractivity contribution in [3.05, 3.63) is 71.0 Å². The zero-order chi connectivity index (χ0) is 20.8. The molecule has 154 valence electrons. The van der Waals surface area contributed by atoms with E-state index in [2.05, 4.69) is 17.1 Å². The average molecular weight is 397 g/mol. The van der Waals surface area contributed by atoms with Crippen molar-refractivity contribution in [2.24, 2.45) is 0 Å². The van der Waals surface area contributed by atoms with Crippen LogP contribution in [-0.2, 0) is 17.8 Å². The van der Waals surface area contributed by atoms with Crippen LogP contribution in [-0.4, -0.2) is 53.8 Å². The minimum Gasteiger partial charge on any atom is -0.351 e. The molecule has 1 atom stereocenters. The summed E-state index contributed by atoms with van der Waals surface area (Å²) in [6, 6.07) is 13.6. The van der Waals surface area contributed by atoms with Crippen molar-refractivity contribution < 1.29 is 14.0 Å². The lowest BCUT2D eigenvalue weighted by molar-refractivity contribution is -0.126. The number of halogens is 1. The zero-order valence-electron chi connectivity index (χ0n) is 17.0. The van der Waals surface area contributed by atoms with Crippen molar-refractivity contribution in [3.8, 4) is 0 Å². The van der Waals surface area contributed by atoms with E-state index < -0.39 is 0 Å². The second kappa shape index (κ2) is 9.65. The first kappa shape index (κ1) is 21.0. The molecule has 29 heavy (non-hydrogen) atoms. The number of rotatable bonds is 6. The van der Waals surface area contributed by atoms with E-state index in [1.165, 1.54) is 17.7 Å². The van der Waals surface area contributed by atoms with Crippen LogP contribution in [0.15, 0.2) is 48.5 Å². The van der Waals surface area contributed by atoms with Crippen molar-refractivity contribution in [2.45, 2.75) is 32.9 Å². The topological polar surface area (TPSA) is 52.7 Å². The lowest BCUT2D eigenvalue weighted by Gasteiger charge is -2.37. The molecular formula is C23H28FN3O2. The minimum absolute atomic E-state index is 0.0423. The van der Waals surface area contributed by atoms with Gasteiger partial charge < -0.3 is 10.2 Å². The third-order valence-corrected chi connectivity index (χ3v) is 5.52. The van der Waals surface area contributed by atoms with Crippen molar-refractivity contribution in [1.82, 2.24) is 15.1 Å². The fourth-order valence-electron chi connectivity index (χ4n) is 3.48. The Bertz CT molecular complexity index is 828. The first-order valence-electron chi connectivity index (χ1n) is 10.1. The molecule has 2 amide bonds. The number of hydrogen-bond acceptors (Lipinski definition) is 3. The summed E-state index contributed by atoms with van der Waals surface area (Å²) in [6.07, 6.45) is 0.953. The SMILES string of the molecule is CCc1ccc(C(=O)N2CCN(C(C)C(=O)NCc3ccc(F)cc3)CC2)cc1. The van der Waals surface area contributed by atoms with E-state index >= 15 is 0 Å². The Morgan fingerprint density at radius 1 is 0.966 bits per heavy atom. The predicted molar refractivity (Wildman–Crippen MR) is 111 cm³/mol. The fourth-order valence-corrected chi connectivity index (χ4v) is 3.48. The lowest BCUT2D eigenvalue weighted by atomic mass is 10.1. The van der Waals surface area contributed by atoms with Crippen LogP contribution in [0.4, 0.5) is 4.39 Å². The van der Waals surface area contributed by atoms with E-state index in [0.29, 0.717) is 38.3 Å². The van der Waals surface area contributed by atoms with Crippen molar-refractivity contribution in [3.63, 3.8) is 0 Å². The van der Waals surface area contributed by atoms with Crippen molar-refractivity contribution >= 4 is 11.8 Å². The van der Waals surface area contributed by atoms with Gasteiger partial charge in [0.2, 0.25) is 5.91 Å². The van der Waals surface area contributed by atoms with Crippen molar-refractivity contribution in [1.29, 1.82) is 0 Å². The standard InChI is InChI=1S/C23H28FN3O2/c1-3-18-4-8-20(9-5-18)23(29)27-14-12-26(13-15-27)17(2)22(28)25-16-19-6-10-21(24)11-7-19/h4-11,17H,3,12-16H2,1-2H3,(H,25,28). The molecule has 1 unspecified atom stereocenters. The third kappa shape index (κ3) is 5.41. The van der Waals surface area contributed by atoms with Gasteiger partial charge in [0.05, 0.1) is 6.04 Å². The maximum absolute atomic E-state index is 13.0. The molecule has 0 aromatic heterocycles. The molecule has 0 bridgehead atoms. The molecule has 1 aliphatic rings. The highest BCUT2D eigenvalue weighted by Gasteiger charge is 2.27. The first-order chi connectivity index (χ1) is 14.0. The molecule has 6 heteroatoms. The Kier molecular flexibility index (Phi) is 6.99. The minimum atomic E-state index is -0.290. The highest BCUT2D eigenvalue weighted by atomic mass is 19.1.